The van der Waals surface area contributed by atoms with Gasteiger partial charge in [0.1, 0.15) is 0 Å². The number of rotatable bonds is 5. The van der Waals surface area contributed by atoms with Crippen molar-refractivity contribution in [3.8, 4) is 0 Å². The highest BCUT2D eigenvalue weighted by molar-refractivity contribution is 6.63. The summed E-state index contributed by atoms with van der Waals surface area (Å²) in [5.41, 5.74) is 2.07. The van der Waals surface area contributed by atoms with Crippen LogP contribution in [-0.2, 0) is 0 Å². The number of nitrogens with one attached hydrogen (secondary N) is 1. The molecule has 0 bridgehead atoms. The number of hydrogen-bond acceptors (Lipinski definition) is 2. The first-order chi connectivity index (χ1) is 9.31. The lowest BCUT2D eigenvalue weighted by atomic mass is 9.78. The maximum Gasteiger partial charge on any atom is 0.342 e. The molecular formula is C15H18BN3. The molecule has 96 valence electrons. The van der Waals surface area contributed by atoms with Crippen molar-refractivity contribution in [2.45, 2.75) is 6.82 Å². The van der Waals surface area contributed by atoms with Crippen molar-refractivity contribution in [3.05, 3.63) is 60.7 Å². The largest absolute Gasteiger partial charge is 0.362 e. The Bertz CT molecular complexity index is 513. The molecule has 0 fully saturated rings. The summed E-state index contributed by atoms with van der Waals surface area (Å²) in [7, 11) is 1.94. The van der Waals surface area contributed by atoms with E-state index in [1.165, 1.54) is 0 Å². The van der Waals surface area contributed by atoms with Crippen molar-refractivity contribution in [2.24, 2.45) is 4.99 Å². The summed E-state index contributed by atoms with van der Waals surface area (Å²) < 4.78 is 0. The van der Waals surface area contributed by atoms with E-state index in [0.29, 0.717) is 0 Å². The van der Waals surface area contributed by atoms with Crippen molar-refractivity contribution in [3.63, 3.8) is 0 Å². The molecule has 4 heteroatoms. The zero-order valence-corrected chi connectivity index (χ0v) is 11.3. The predicted octanol–water partition coefficient (Wildman–Crippen LogP) is 3.19. The molecule has 0 radical (unpaired) electrons. The molecule has 0 aromatic heterocycles. The molecule has 0 aliphatic rings. The van der Waals surface area contributed by atoms with Gasteiger partial charge in [-0.05, 0) is 38.1 Å². The van der Waals surface area contributed by atoms with Gasteiger partial charge in [-0.25, -0.2) is 4.99 Å². The first kappa shape index (κ1) is 13.4. The number of nitrogens with zero attached hydrogens (tertiary/aromatic N) is 2. The summed E-state index contributed by atoms with van der Waals surface area (Å²) in [6.45, 7) is 2.28. The Balaban J connectivity index is 2.22. The molecule has 3 nitrogen and oxygen atoms in total. The molecular weight excluding hydrogens is 233 g/mol. The Morgan fingerprint density at radius 1 is 1.00 bits per heavy atom. The SMILES string of the molecule is CNB(C)N(/C=N/c1ccccc1)c1ccccc1. The van der Waals surface area contributed by atoms with Crippen LogP contribution in [0.2, 0.25) is 6.82 Å². The Morgan fingerprint density at radius 2 is 1.58 bits per heavy atom. The zero-order valence-electron chi connectivity index (χ0n) is 11.3. The van der Waals surface area contributed by atoms with Gasteiger partial charge in [0.15, 0.2) is 0 Å². The van der Waals surface area contributed by atoms with Gasteiger partial charge in [0, 0.05) is 5.69 Å². The summed E-state index contributed by atoms with van der Waals surface area (Å²) >= 11 is 0. The van der Waals surface area contributed by atoms with E-state index in [0.717, 1.165) is 11.4 Å². The van der Waals surface area contributed by atoms with Crippen LogP contribution in [0.4, 0.5) is 11.4 Å². The smallest absolute Gasteiger partial charge is 0.342 e. The summed E-state index contributed by atoms with van der Waals surface area (Å²) in [4.78, 5) is 6.62. The van der Waals surface area contributed by atoms with Crippen LogP contribution in [-0.4, -0.2) is 20.4 Å². The van der Waals surface area contributed by atoms with Crippen LogP contribution in [0.3, 0.4) is 0 Å². The van der Waals surface area contributed by atoms with E-state index >= 15 is 0 Å². The number of benzene rings is 2. The van der Waals surface area contributed by atoms with E-state index in [1.54, 1.807) is 0 Å². The average molecular weight is 251 g/mol. The van der Waals surface area contributed by atoms with Gasteiger partial charge in [0.25, 0.3) is 0 Å². The molecule has 0 heterocycles. The fourth-order valence-electron chi connectivity index (χ4n) is 1.77. The van der Waals surface area contributed by atoms with E-state index in [2.05, 4.69) is 34.0 Å². The van der Waals surface area contributed by atoms with Crippen molar-refractivity contribution in [2.75, 3.05) is 11.9 Å². The molecule has 0 unspecified atom stereocenters. The minimum atomic E-state index is 0.176. The number of aliphatic imine (C=N–C) groups is 1. The highest BCUT2D eigenvalue weighted by Gasteiger charge is 2.15. The Hall–Kier alpha value is -2.07. The van der Waals surface area contributed by atoms with Crippen LogP contribution in [0, 0.1) is 0 Å². The van der Waals surface area contributed by atoms with Gasteiger partial charge in [-0.2, -0.15) is 0 Å². The van der Waals surface area contributed by atoms with Gasteiger partial charge >= 0.3 is 6.98 Å². The van der Waals surface area contributed by atoms with Crippen LogP contribution >= 0.6 is 0 Å². The maximum absolute atomic E-state index is 4.51. The van der Waals surface area contributed by atoms with E-state index in [-0.39, 0.29) is 6.98 Å². The van der Waals surface area contributed by atoms with E-state index in [1.807, 2.05) is 61.9 Å². The van der Waals surface area contributed by atoms with Gasteiger partial charge in [-0.15, -0.1) is 0 Å². The fraction of sp³-hybridized carbons (Fsp3) is 0.133. The van der Waals surface area contributed by atoms with E-state index in [9.17, 15) is 0 Å². The lowest BCUT2D eigenvalue weighted by molar-refractivity contribution is 1.18. The molecule has 1 N–H and O–H groups in total. The second-order valence-electron chi connectivity index (χ2n) is 4.29. The summed E-state index contributed by atoms with van der Waals surface area (Å²) in [5, 5.41) is 3.23. The molecule has 19 heavy (non-hydrogen) atoms. The minimum absolute atomic E-state index is 0.176. The molecule has 0 atom stereocenters. The monoisotopic (exact) mass is 251 g/mol. The van der Waals surface area contributed by atoms with Crippen molar-refractivity contribution < 1.29 is 0 Å². The molecule has 2 aromatic rings. The van der Waals surface area contributed by atoms with Gasteiger partial charge in [-0.3, -0.25) is 0 Å². The Morgan fingerprint density at radius 3 is 2.16 bits per heavy atom. The average Bonchev–Trinajstić information content (AvgIpc) is 2.49. The van der Waals surface area contributed by atoms with E-state index < -0.39 is 0 Å². The van der Waals surface area contributed by atoms with Gasteiger partial charge < -0.3 is 10.0 Å². The second kappa shape index (κ2) is 6.76. The minimum Gasteiger partial charge on any atom is -0.362 e. The zero-order chi connectivity index (χ0) is 13.5. The normalized spacial score (nSPS) is 10.6. The highest BCUT2D eigenvalue weighted by atomic mass is 15.1. The second-order valence-corrected chi connectivity index (χ2v) is 4.29. The molecule has 0 aliphatic carbocycles. The third-order valence-electron chi connectivity index (χ3n) is 2.98. The maximum atomic E-state index is 4.51. The van der Waals surface area contributed by atoms with Crippen LogP contribution in [0.5, 0.6) is 0 Å². The molecule has 2 aromatic carbocycles. The van der Waals surface area contributed by atoms with Gasteiger partial charge in [0.2, 0.25) is 0 Å². The first-order valence-electron chi connectivity index (χ1n) is 6.41. The van der Waals surface area contributed by atoms with Crippen molar-refractivity contribution in [1.29, 1.82) is 0 Å². The summed E-state index contributed by atoms with van der Waals surface area (Å²) in [6.07, 6.45) is 1.87. The third kappa shape index (κ3) is 3.70. The molecule has 0 saturated carbocycles. The summed E-state index contributed by atoms with van der Waals surface area (Å²) in [6, 6.07) is 20.2. The third-order valence-corrected chi connectivity index (χ3v) is 2.98. The lowest BCUT2D eigenvalue weighted by Gasteiger charge is -2.23. The standard InChI is InChI=1S/C15H18BN3/c1-16(17-2)19(15-11-7-4-8-12-15)13-18-14-9-5-3-6-10-14/h3-13,17H,1-2H3/b18-13+. The van der Waals surface area contributed by atoms with Crippen LogP contribution in [0.1, 0.15) is 0 Å². The quantitative estimate of drug-likeness (QED) is 0.502. The van der Waals surface area contributed by atoms with Gasteiger partial charge in [0.05, 0.1) is 12.0 Å². The topological polar surface area (TPSA) is 27.6 Å². The number of anilines is 1. The first-order valence-corrected chi connectivity index (χ1v) is 6.41. The number of para-hydroxylation sites is 2. The molecule has 2 rings (SSSR count). The van der Waals surface area contributed by atoms with Crippen LogP contribution in [0.15, 0.2) is 65.7 Å². The molecule has 0 aliphatic heterocycles. The van der Waals surface area contributed by atoms with E-state index in [4.69, 9.17) is 0 Å². The Labute approximate surface area is 115 Å². The lowest BCUT2D eigenvalue weighted by Crippen LogP contribution is -2.46. The molecule has 0 saturated heterocycles. The molecule has 0 spiro atoms. The van der Waals surface area contributed by atoms with Crippen LogP contribution in [0.25, 0.3) is 0 Å². The summed E-state index contributed by atoms with van der Waals surface area (Å²) in [5.74, 6) is 0. The molecule has 0 amide bonds. The predicted molar refractivity (Wildman–Crippen MR) is 84.2 cm³/mol. The van der Waals surface area contributed by atoms with Gasteiger partial charge in [-0.1, -0.05) is 36.4 Å². The Kier molecular flexibility index (Phi) is 4.75. The van der Waals surface area contributed by atoms with Crippen molar-refractivity contribution >= 4 is 24.7 Å². The number of hydrogen-bond donors (Lipinski definition) is 1. The fourth-order valence-corrected chi connectivity index (χ4v) is 1.77. The highest BCUT2D eigenvalue weighted by Crippen LogP contribution is 2.14. The van der Waals surface area contributed by atoms with Crippen molar-refractivity contribution in [1.82, 2.24) is 5.23 Å². The van der Waals surface area contributed by atoms with Crippen LogP contribution < -0.4 is 10.0 Å².